The van der Waals surface area contributed by atoms with Crippen LogP contribution in [0.15, 0.2) is 0 Å². The number of thiocarbonyl (C=S) groups is 1. The first-order valence-corrected chi connectivity index (χ1v) is 7.32. The van der Waals surface area contributed by atoms with Crippen molar-refractivity contribution in [3.05, 3.63) is 0 Å². The number of thioether (sulfide) groups is 1. The summed E-state index contributed by atoms with van der Waals surface area (Å²) in [7, 11) is 0. The van der Waals surface area contributed by atoms with Crippen LogP contribution in [0.4, 0.5) is 0 Å². The van der Waals surface area contributed by atoms with Crippen LogP contribution in [0.5, 0.6) is 0 Å². The molecule has 0 aromatic heterocycles. The van der Waals surface area contributed by atoms with Crippen molar-refractivity contribution >= 4 is 28.3 Å². The number of rotatable bonds is 8. The fraction of sp³-hybridized carbons (Fsp3) is 0.917. The molecule has 1 unspecified atom stereocenters. The second kappa shape index (κ2) is 12.3. The summed E-state index contributed by atoms with van der Waals surface area (Å²) in [5.41, 5.74) is 5.58. The summed E-state index contributed by atoms with van der Waals surface area (Å²) in [6.07, 6.45) is 7.99. The van der Waals surface area contributed by atoms with E-state index in [1.54, 1.807) is 11.8 Å². The SMILES string of the molecule is CCCCCCCC(SC(N)=S)C(C)C.[Zn]. The van der Waals surface area contributed by atoms with Gasteiger partial charge in [-0.25, -0.2) is 0 Å². The molecule has 0 aromatic rings. The minimum Gasteiger partial charge on any atom is -0.385 e. The van der Waals surface area contributed by atoms with Gasteiger partial charge in [0, 0.05) is 24.7 Å². The molecule has 92 valence electrons. The second-order valence-electron chi connectivity index (χ2n) is 4.42. The van der Waals surface area contributed by atoms with Crippen LogP contribution in [0.3, 0.4) is 0 Å². The zero-order valence-corrected chi connectivity index (χ0v) is 15.6. The second-order valence-corrected chi connectivity index (χ2v) is 6.40. The largest absolute Gasteiger partial charge is 0.385 e. The van der Waals surface area contributed by atoms with E-state index in [9.17, 15) is 0 Å². The summed E-state index contributed by atoms with van der Waals surface area (Å²) >= 11 is 6.63. The summed E-state index contributed by atoms with van der Waals surface area (Å²) in [6.45, 7) is 6.75. The van der Waals surface area contributed by atoms with Crippen LogP contribution in [0, 0.1) is 5.92 Å². The van der Waals surface area contributed by atoms with Crippen molar-refractivity contribution < 1.29 is 19.5 Å². The Balaban J connectivity index is 0. The monoisotopic (exact) mass is 311 g/mol. The molecule has 0 rings (SSSR count). The molecule has 0 heterocycles. The number of hydrogen-bond donors (Lipinski definition) is 1. The van der Waals surface area contributed by atoms with Crippen molar-refractivity contribution in [3.63, 3.8) is 0 Å². The molecule has 0 spiro atoms. The van der Waals surface area contributed by atoms with E-state index in [4.69, 9.17) is 18.0 Å². The van der Waals surface area contributed by atoms with E-state index in [0.29, 0.717) is 15.5 Å². The van der Waals surface area contributed by atoms with Gasteiger partial charge in [-0.2, -0.15) is 0 Å². The first-order chi connectivity index (χ1) is 7.07. The molecule has 0 aromatic carbocycles. The summed E-state index contributed by atoms with van der Waals surface area (Å²) in [5.74, 6) is 0.669. The first-order valence-electron chi connectivity index (χ1n) is 6.04. The topological polar surface area (TPSA) is 26.0 Å². The van der Waals surface area contributed by atoms with E-state index >= 15 is 0 Å². The third-order valence-electron chi connectivity index (χ3n) is 2.60. The predicted octanol–water partition coefficient (Wildman–Crippen LogP) is 4.35. The van der Waals surface area contributed by atoms with Gasteiger partial charge in [-0.1, -0.05) is 76.9 Å². The van der Waals surface area contributed by atoms with Crippen molar-refractivity contribution in [3.8, 4) is 0 Å². The van der Waals surface area contributed by atoms with Gasteiger partial charge in [0.1, 0.15) is 4.32 Å². The van der Waals surface area contributed by atoms with Crippen molar-refractivity contribution in [2.45, 2.75) is 64.5 Å². The van der Waals surface area contributed by atoms with Crippen molar-refractivity contribution in [2.75, 3.05) is 0 Å². The van der Waals surface area contributed by atoms with Gasteiger partial charge in [-0.05, 0) is 12.3 Å². The molecule has 0 bridgehead atoms. The minimum absolute atomic E-state index is 0. The molecule has 0 aliphatic carbocycles. The van der Waals surface area contributed by atoms with Crippen LogP contribution in [0.25, 0.3) is 0 Å². The van der Waals surface area contributed by atoms with Crippen molar-refractivity contribution in [2.24, 2.45) is 11.7 Å². The molecule has 0 saturated heterocycles. The van der Waals surface area contributed by atoms with Gasteiger partial charge >= 0.3 is 0 Å². The summed E-state index contributed by atoms with van der Waals surface area (Å²) < 4.78 is 0.599. The Hall–Kier alpha value is 0.863. The van der Waals surface area contributed by atoms with Gasteiger partial charge in [0.25, 0.3) is 0 Å². The zero-order chi connectivity index (χ0) is 11.7. The molecule has 0 aliphatic rings. The molecule has 1 atom stereocenters. The van der Waals surface area contributed by atoms with Crippen LogP contribution in [-0.2, 0) is 19.5 Å². The van der Waals surface area contributed by atoms with E-state index < -0.39 is 0 Å². The molecular formula is C12H25NS2Zn. The Bertz CT molecular complexity index is 174. The molecule has 16 heavy (non-hydrogen) atoms. The molecule has 0 aliphatic heterocycles. The Labute approximate surface area is 123 Å². The number of nitrogens with two attached hydrogens (primary N) is 1. The fourth-order valence-electron chi connectivity index (χ4n) is 1.63. The standard InChI is InChI=1S/C12H25NS2.Zn/c1-4-5-6-7-8-9-11(10(2)3)15-12(13)14;/h10-11H,4-9H2,1-3H3,(H2,13,14);. The van der Waals surface area contributed by atoms with Crippen LogP contribution < -0.4 is 5.73 Å². The van der Waals surface area contributed by atoms with Crippen LogP contribution in [0.1, 0.15) is 59.3 Å². The van der Waals surface area contributed by atoms with Gasteiger partial charge < -0.3 is 5.73 Å². The van der Waals surface area contributed by atoms with E-state index in [1.807, 2.05) is 0 Å². The molecule has 0 radical (unpaired) electrons. The zero-order valence-electron chi connectivity index (χ0n) is 11.0. The maximum atomic E-state index is 5.58. The Morgan fingerprint density at radius 3 is 2.19 bits per heavy atom. The maximum Gasteiger partial charge on any atom is 0.131 e. The Morgan fingerprint density at radius 1 is 1.19 bits per heavy atom. The van der Waals surface area contributed by atoms with Gasteiger partial charge in [0.15, 0.2) is 0 Å². The molecule has 0 saturated carbocycles. The van der Waals surface area contributed by atoms with Gasteiger partial charge in [-0.15, -0.1) is 0 Å². The average molecular weight is 313 g/mol. The van der Waals surface area contributed by atoms with E-state index in [-0.39, 0.29) is 19.5 Å². The average Bonchev–Trinajstić information content (AvgIpc) is 2.15. The van der Waals surface area contributed by atoms with Crippen LogP contribution >= 0.6 is 24.0 Å². The van der Waals surface area contributed by atoms with Crippen LogP contribution in [-0.4, -0.2) is 9.57 Å². The smallest absolute Gasteiger partial charge is 0.131 e. The molecule has 0 fully saturated rings. The quantitative estimate of drug-likeness (QED) is 0.410. The summed E-state index contributed by atoms with van der Waals surface area (Å²) in [5, 5.41) is 0.615. The van der Waals surface area contributed by atoms with E-state index in [0.717, 1.165) is 0 Å². The predicted molar refractivity (Wildman–Crippen MR) is 76.4 cm³/mol. The van der Waals surface area contributed by atoms with Gasteiger partial charge in [0.2, 0.25) is 0 Å². The number of hydrogen-bond acceptors (Lipinski definition) is 2. The Morgan fingerprint density at radius 2 is 1.75 bits per heavy atom. The maximum absolute atomic E-state index is 5.58. The summed E-state index contributed by atoms with van der Waals surface area (Å²) in [4.78, 5) is 0. The fourth-order valence-corrected chi connectivity index (χ4v) is 2.85. The van der Waals surface area contributed by atoms with Crippen molar-refractivity contribution in [1.82, 2.24) is 0 Å². The molecule has 0 amide bonds. The van der Waals surface area contributed by atoms with E-state index in [1.165, 1.54) is 38.5 Å². The first kappa shape index (κ1) is 19.2. The third kappa shape index (κ3) is 11.4. The van der Waals surface area contributed by atoms with Crippen molar-refractivity contribution in [1.29, 1.82) is 0 Å². The number of unbranched alkanes of at least 4 members (excludes halogenated alkanes) is 4. The van der Waals surface area contributed by atoms with Crippen LogP contribution in [0.2, 0.25) is 0 Å². The minimum atomic E-state index is 0. The normalized spacial score (nSPS) is 12.2. The molecule has 1 nitrogen and oxygen atoms in total. The van der Waals surface area contributed by atoms with Gasteiger partial charge in [-0.3, -0.25) is 0 Å². The van der Waals surface area contributed by atoms with E-state index in [2.05, 4.69) is 20.8 Å². The molecular weight excluding hydrogens is 288 g/mol. The molecule has 4 heteroatoms. The summed E-state index contributed by atoms with van der Waals surface area (Å²) in [6, 6.07) is 0. The van der Waals surface area contributed by atoms with Gasteiger partial charge in [0.05, 0.1) is 0 Å². The third-order valence-corrected chi connectivity index (χ3v) is 4.21. The Kier molecular flexibility index (Phi) is 14.8. The molecule has 2 N–H and O–H groups in total.